The van der Waals surface area contributed by atoms with Gasteiger partial charge < -0.3 is 20.1 Å². The molecule has 0 heterocycles. The van der Waals surface area contributed by atoms with Crippen molar-refractivity contribution in [2.45, 2.75) is 26.0 Å². The molecule has 3 rings (SSSR count). The van der Waals surface area contributed by atoms with Gasteiger partial charge in [-0.15, -0.1) is 0 Å². The fourth-order valence-electron chi connectivity index (χ4n) is 3.02. The second-order valence-corrected chi connectivity index (χ2v) is 8.56. The van der Waals surface area contributed by atoms with Crippen LogP contribution in [0, 0.1) is 11.6 Å². The zero-order valence-electron chi connectivity index (χ0n) is 17.9. The molecule has 0 atom stereocenters. The van der Waals surface area contributed by atoms with Crippen LogP contribution in [-0.4, -0.2) is 23.3 Å². The van der Waals surface area contributed by atoms with Crippen LogP contribution in [0.2, 0.25) is 10.0 Å². The van der Waals surface area contributed by atoms with Crippen LogP contribution in [0.4, 0.5) is 20.2 Å². The van der Waals surface area contributed by atoms with Crippen molar-refractivity contribution in [2.75, 3.05) is 16.9 Å². The lowest BCUT2D eigenvalue weighted by molar-refractivity contribution is -0.152. The predicted octanol–water partition coefficient (Wildman–Crippen LogP) is 6.59. The van der Waals surface area contributed by atoms with E-state index in [0.717, 1.165) is 0 Å². The molecule has 0 spiro atoms. The quantitative estimate of drug-likeness (QED) is 0.328. The molecule has 5 nitrogen and oxygen atoms in total. The highest BCUT2D eigenvalue weighted by molar-refractivity contribution is 6.33. The molecule has 3 aromatic rings. The number of carboxylic acid groups (broad SMARTS) is 1. The van der Waals surface area contributed by atoms with Crippen LogP contribution < -0.4 is 15.0 Å². The summed E-state index contributed by atoms with van der Waals surface area (Å²) in [5.74, 6) is -1.75. The molecule has 33 heavy (non-hydrogen) atoms. The molecular formula is C24H22Cl2F2N2O3. The van der Waals surface area contributed by atoms with Crippen molar-refractivity contribution >= 4 is 40.5 Å². The lowest BCUT2D eigenvalue weighted by Crippen LogP contribution is -2.37. The van der Waals surface area contributed by atoms with E-state index in [1.807, 2.05) is 0 Å². The Hall–Kier alpha value is -3.03. The lowest BCUT2D eigenvalue weighted by atomic mass is 10.1. The highest BCUT2D eigenvalue weighted by Crippen LogP contribution is 2.29. The summed E-state index contributed by atoms with van der Waals surface area (Å²) in [7, 11) is 0. The largest absolute Gasteiger partial charge is 0.478 e. The van der Waals surface area contributed by atoms with Crippen LogP contribution in [0.1, 0.15) is 19.4 Å². The molecule has 174 valence electrons. The first-order chi connectivity index (χ1) is 15.6. The number of carbonyl (C=O) groups is 1. The summed E-state index contributed by atoms with van der Waals surface area (Å²) in [4.78, 5) is 13.0. The van der Waals surface area contributed by atoms with Gasteiger partial charge in [0, 0.05) is 22.8 Å². The summed E-state index contributed by atoms with van der Waals surface area (Å²) in [6, 6.07) is 15.3. The number of hydrogen-bond acceptors (Lipinski definition) is 4. The molecule has 2 N–H and O–H groups in total. The Kier molecular flexibility index (Phi) is 7.66. The Labute approximate surface area is 200 Å². The van der Waals surface area contributed by atoms with Gasteiger partial charge in [-0.05, 0) is 62.4 Å². The minimum atomic E-state index is -1.41. The molecular weight excluding hydrogens is 473 g/mol. The summed E-state index contributed by atoms with van der Waals surface area (Å²) in [6.45, 7) is 3.03. The summed E-state index contributed by atoms with van der Waals surface area (Å²) in [6.07, 6.45) is 0. The zero-order chi connectivity index (χ0) is 24.2. The van der Waals surface area contributed by atoms with Crippen molar-refractivity contribution in [1.29, 1.82) is 0 Å². The van der Waals surface area contributed by atoms with E-state index in [1.54, 1.807) is 41.3 Å². The molecule has 0 saturated carbocycles. The fourth-order valence-corrected chi connectivity index (χ4v) is 3.47. The number of carboxylic acids is 1. The van der Waals surface area contributed by atoms with Gasteiger partial charge in [0.15, 0.2) is 5.60 Å². The zero-order valence-corrected chi connectivity index (χ0v) is 19.4. The van der Waals surface area contributed by atoms with Gasteiger partial charge in [-0.3, -0.25) is 0 Å². The molecule has 0 aliphatic heterocycles. The van der Waals surface area contributed by atoms with Gasteiger partial charge in [-0.1, -0.05) is 35.3 Å². The Balaban J connectivity index is 1.88. The van der Waals surface area contributed by atoms with Crippen LogP contribution in [0.5, 0.6) is 5.75 Å². The maximum Gasteiger partial charge on any atom is 0.347 e. The number of para-hydroxylation sites is 1. The average Bonchev–Trinajstić information content (AvgIpc) is 2.75. The van der Waals surface area contributed by atoms with Crippen molar-refractivity contribution in [2.24, 2.45) is 0 Å². The molecule has 0 bridgehead atoms. The minimum absolute atomic E-state index is 0.0748. The SMILES string of the molecule is CC(C)(Oc1ccc(N(CNc2c(F)cccc2Cl)Cc2c(F)cccc2Cl)cc1)C(=O)O. The second kappa shape index (κ2) is 10.3. The fraction of sp³-hybridized carbons (Fsp3) is 0.208. The highest BCUT2D eigenvalue weighted by atomic mass is 35.5. The van der Waals surface area contributed by atoms with Crippen molar-refractivity contribution < 1.29 is 23.4 Å². The van der Waals surface area contributed by atoms with Crippen molar-refractivity contribution in [3.8, 4) is 5.75 Å². The Bertz CT molecular complexity index is 1100. The normalized spacial score (nSPS) is 11.2. The van der Waals surface area contributed by atoms with Crippen LogP contribution in [-0.2, 0) is 11.3 Å². The van der Waals surface area contributed by atoms with E-state index in [4.69, 9.17) is 27.9 Å². The van der Waals surface area contributed by atoms with E-state index >= 15 is 0 Å². The van der Waals surface area contributed by atoms with Crippen LogP contribution in [0.15, 0.2) is 60.7 Å². The molecule has 0 amide bonds. The number of nitrogens with one attached hydrogen (secondary N) is 1. The first kappa shape index (κ1) is 24.6. The molecule has 0 saturated heterocycles. The Morgan fingerprint density at radius 1 is 1.00 bits per heavy atom. The van der Waals surface area contributed by atoms with Crippen molar-refractivity contribution in [1.82, 2.24) is 0 Å². The van der Waals surface area contributed by atoms with Crippen molar-refractivity contribution in [3.63, 3.8) is 0 Å². The van der Waals surface area contributed by atoms with E-state index in [-0.39, 0.29) is 34.5 Å². The van der Waals surface area contributed by atoms with E-state index < -0.39 is 23.2 Å². The Morgan fingerprint density at radius 2 is 1.61 bits per heavy atom. The molecule has 0 unspecified atom stereocenters. The Morgan fingerprint density at radius 3 is 2.18 bits per heavy atom. The van der Waals surface area contributed by atoms with Gasteiger partial charge in [0.25, 0.3) is 0 Å². The third-order valence-electron chi connectivity index (χ3n) is 4.91. The molecule has 0 aliphatic rings. The second-order valence-electron chi connectivity index (χ2n) is 7.74. The third-order valence-corrected chi connectivity index (χ3v) is 5.58. The van der Waals surface area contributed by atoms with Crippen molar-refractivity contribution in [3.05, 3.63) is 87.9 Å². The maximum atomic E-state index is 14.5. The van der Waals surface area contributed by atoms with Gasteiger partial charge in [0.05, 0.1) is 17.4 Å². The number of ether oxygens (including phenoxy) is 1. The summed E-state index contributed by atoms with van der Waals surface area (Å²) in [5.41, 5.74) is -0.389. The van der Waals surface area contributed by atoms with Gasteiger partial charge >= 0.3 is 5.97 Å². The van der Waals surface area contributed by atoms with E-state index in [1.165, 1.54) is 38.1 Å². The average molecular weight is 495 g/mol. The number of hydrogen-bond donors (Lipinski definition) is 2. The topological polar surface area (TPSA) is 61.8 Å². The first-order valence-corrected chi connectivity index (χ1v) is 10.7. The van der Waals surface area contributed by atoms with Crippen LogP contribution >= 0.6 is 23.2 Å². The summed E-state index contributed by atoms with van der Waals surface area (Å²) >= 11 is 12.3. The molecule has 3 aromatic carbocycles. The van der Waals surface area contributed by atoms with Gasteiger partial charge in [-0.2, -0.15) is 0 Å². The predicted molar refractivity (Wildman–Crippen MR) is 126 cm³/mol. The number of halogens is 4. The monoisotopic (exact) mass is 494 g/mol. The van der Waals surface area contributed by atoms with Gasteiger partial charge in [-0.25, -0.2) is 13.6 Å². The molecule has 9 heteroatoms. The maximum absolute atomic E-state index is 14.5. The van der Waals surface area contributed by atoms with E-state index in [2.05, 4.69) is 5.32 Å². The standard InChI is InChI=1S/C24H22Cl2F2N2O3/c1-24(2,23(31)32)33-16-11-9-15(10-12-16)30(13-17-18(25)5-3-7-20(17)27)14-29-22-19(26)6-4-8-21(22)28/h3-12,29H,13-14H2,1-2H3,(H,31,32). The van der Waals surface area contributed by atoms with Gasteiger partial charge in [0.2, 0.25) is 0 Å². The molecule has 0 fully saturated rings. The summed E-state index contributed by atoms with van der Waals surface area (Å²) in [5, 5.41) is 12.7. The number of anilines is 2. The number of aliphatic carboxylic acids is 1. The molecule has 0 aliphatic carbocycles. The number of benzene rings is 3. The van der Waals surface area contributed by atoms with E-state index in [9.17, 15) is 18.7 Å². The number of nitrogens with zero attached hydrogens (tertiary/aromatic N) is 1. The minimum Gasteiger partial charge on any atom is -0.478 e. The summed E-state index contributed by atoms with van der Waals surface area (Å²) < 4.78 is 34.2. The molecule has 0 aromatic heterocycles. The number of rotatable bonds is 9. The first-order valence-electron chi connectivity index (χ1n) is 9.96. The van der Waals surface area contributed by atoms with E-state index in [0.29, 0.717) is 11.4 Å². The molecule has 0 radical (unpaired) electrons. The van der Waals surface area contributed by atoms with Gasteiger partial charge in [0.1, 0.15) is 17.4 Å². The van der Waals surface area contributed by atoms with Crippen LogP contribution in [0.25, 0.3) is 0 Å². The third kappa shape index (κ3) is 6.06. The highest BCUT2D eigenvalue weighted by Gasteiger charge is 2.29. The smallest absolute Gasteiger partial charge is 0.347 e. The lowest BCUT2D eigenvalue weighted by Gasteiger charge is -2.27. The van der Waals surface area contributed by atoms with Crippen LogP contribution in [0.3, 0.4) is 0 Å².